The Morgan fingerprint density at radius 2 is 1.87 bits per heavy atom. The molecule has 0 aromatic rings. The normalized spacial score (nSPS) is 12.7. The van der Waals surface area contributed by atoms with Crippen LogP contribution < -0.4 is 0 Å². The first-order chi connectivity index (χ1) is 6.94. The van der Waals surface area contributed by atoms with E-state index in [-0.39, 0.29) is 11.4 Å². The van der Waals surface area contributed by atoms with Crippen molar-refractivity contribution >= 4 is 5.97 Å². The van der Waals surface area contributed by atoms with Crippen LogP contribution in [-0.4, -0.2) is 12.6 Å². The number of rotatable bonds is 6. The maximum atomic E-state index is 11.4. The molecule has 15 heavy (non-hydrogen) atoms. The van der Waals surface area contributed by atoms with Crippen LogP contribution in [-0.2, 0) is 9.53 Å². The Labute approximate surface area is 93.7 Å². The summed E-state index contributed by atoms with van der Waals surface area (Å²) in [4.78, 5) is 11.4. The SMILES string of the molecule is CCCOC(=O)/C=C(\C)C(C)(C)CCC. The molecule has 0 N–H and O–H groups in total. The van der Waals surface area contributed by atoms with Crippen molar-refractivity contribution in [1.29, 1.82) is 0 Å². The van der Waals surface area contributed by atoms with E-state index < -0.39 is 0 Å². The van der Waals surface area contributed by atoms with Gasteiger partial charge in [-0.2, -0.15) is 0 Å². The third kappa shape index (κ3) is 5.60. The standard InChI is InChI=1S/C13H24O2/c1-6-8-13(4,5)11(3)10-12(14)15-9-7-2/h10H,6-9H2,1-5H3/b11-10+. The highest BCUT2D eigenvalue weighted by molar-refractivity contribution is 5.82. The van der Waals surface area contributed by atoms with Gasteiger partial charge in [0.15, 0.2) is 0 Å². The maximum Gasteiger partial charge on any atom is 0.330 e. The summed E-state index contributed by atoms with van der Waals surface area (Å²) in [5.41, 5.74) is 1.20. The summed E-state index contributed by atoms with van der Waals surface area (Å²) in [6.07, 6.45) is 4.72. The molecule has 0 aliphatic heterocycles. The van der Waals surface area contributed by atoms with Crippen LogP contribution in [0.5, 0.6) is 0 Å². The van der Waals surface area contributed by atoms with Crippen molar-refractivity contribution in [3.8, 4) is 0 Å². The van der Waals surface area contributed by atoms with Crippen LogP contribution in [0.1, 0.15) is 53.9 Å². The van der Waals surface area contributed by atoms with Crippen LogP contribution in [0.15, 0.2) is 11.6 Å². The molecule has 88 valence electrons. The molecule has 0 bridgehead atoms. The van der Waals surface area contributed by atoms with E-state index in [1.54, 1.807) is 6.08 Å². The number of esters is 1. The minimum atomic E-state index is -0.210. The Morgan fingerprint density at radius 3 is 2.33 bits per heavy atom. The van der Waals surface area contributed by atoms with Crippen LogP contribution in [0.3, 0.4) is 0 Å². The molecule has 2 nitrogen and oxygen atoms in total. The highest BCUT2D eigenvalue weighted by atomic mass is 16.5. The minimum absolute atomic E-state index is 0.0972. The quantitative estimate of drug-likeness (QED) is 0.495. The lowest BCUT2D eigenvalue weighted by atomic mass is 9.81. The predicted molar refractivity (Wildman–Crippen MR) is 63.7 cm³/mol. The number of carbonyl (C=O) groups is 1. The average molecular weight is 212 g/mol. The van der Waals surface area contributed by atoms with Gasteiger partial charge >= 0.3 is 5.97 Å². The second-order valence-corrected chi connectivity index (χ2v) is 4.63. The summed E-state index contributed by atoms with van der Waals surface area (Å²) in [5, 5.41) is 0. The fourth-order valence-corrected chi connectivity index (χ4v) is 1.44. The van der Waals surface area contributed by atoms with Gasteiger partial charge in [-0.15, -0.1) is 0 Å². The summed E-state index contributed by atoms with van der Waals surface area (Å²) in [5.74, 6) is -0.210. The largest absolute Gasteiger partial charge is 0.463 e. The Bertz CT molecular complexity index is 227. The van der Waals surface area contributed by atoms with E-state index in [4.69, 9.17) is 4.74 Å². The number of hydrogen-bond donors (Lipinski definition) is 0. The molecule has 0 aromatic heterocycles. The first-order valence-corrected chi connectivity index (χ1v) is 5.79. The van der Waals surface area contributed by atoms with Crippen molar-refractivity contribution in [1.82, 2.24) is 0 Å². The van der Waals surface area contributed by atoms with Crippen LogP contribution in [0.25, 0.3) is 0 Å². The molecule has 2 heteroatoms. The molecule has 0 aliphatic carbocycles. The van der Waals surface area contributed by atoms with Crippen LogP contribution >= 0.6 is 0 Å². The zero-order valence-corrected chi connectivity index (χ0v) is 10.7. The second-order valence-electron chi connectivity index (χ2n) is 4.63. The summed E-state index contributed by atoms with van der Waals surface area (Å²) < 4.78 is 5.02. The molecule has 0 radical (unpaired) electrons. The van der Waals surface area contributed by atoms with Gasteiger partial charge in [0.2, 0.25) is 0 Å². The lowest BCUT2D eigenvalue weighted by molar-refractivity contribution is -0.137. The zero-order chi connectivity index (χ0) is 11.9. The van der Waals surface area contributed by atoms with E-state index in [1.807, 2.05) is 13.8 Å². The molecule has 0 fully saturated rings. The molecule has 0 unspecified atom stereocenters. The first-order valence-electron chi connectivity index (χ1n) is 5.79. The van der Waals surface area contributed by atoms with E-state index in [2.05, 4.69) is 20.8 Å². The first kappa shape index (κ1) is 14.2. The van der Waals surface area contributed by atoms with E-state index in [1.165, 1.54) is 0 Å². The Morgan fingerprint density at radius 1 is 1.27 bits per heavy atom. The van der Waals surface area contributed by atoms with Gasteiger partial charge in [0.1, 0.15) is 0 Å². The highest BCUT2D eigenvalue weighted by Crippen LogP contribution is 2.30. The van der Waals surface area contributed by atoms with Gasteiger partial charge in [-0.25, -0.2) is 4.79 Å². The minimum Gasteiger partial charge on any atom is -0.463 e. The van der Waals surface area contributed by atoms with Crippen molar-refractivity contribution in [3.05, 3.63) is 11.6 Å². The summed E-state index contributed by atoms with van der Waals surface area (Å²) >= 11 is 0. The molecule has 0 atom stereocenters. The Hall–Kier alpha value is -0.790. The number of carbonyl (C=O) groups excluding carboxylic acids is 1. The maximum absolute atomic E-state index is 11.4. The van der Waals surface area contributed by atoms with Gasteiger partial charge in [-0.1, -0.05) is 39.7 Å². The highest BCUT2D eigenvalue weighted by Gasteiger charge is 2.19. The molecular formula is C13H24O2. The van der Waals surface area contributed by atoms with Gasteiger partial charge in [-0.05, 0) is 25.2 Å². The third-order valence-corrected chi connectivity index (χ3v) is 2.73. The fraction of sp³-hybridized carbons (Fsp3) is 0.769. The predicted octanol–water partition coefficient (Wildman–Crippen LogP) is 3.71. The molecule has 0 saturated heterocycles. The van der Waals surface area contributed by atoms with E-state index in [0.29, 0.717) is 6.61 Å². The number of hydrogen-bond acceptors (Lipinski definition) is 2. The fourth-order valence-electron chi connectivity index (χ4n) is 1.44. The van der Waals surface area contributed by atoms with E-state index in [9.17, 15) is 4.79 Å². The number of allylic oxidation sites excluding steroid dienone is 1. The summed E-state index contributed by atoms with van der Waals surface area (Å²) in [6, 6.07) is 0. The van der Waals surface area contributed by atoms with Crippen molar-refractivity contribution in [2.45, 2.75) is 53.9 Å². The lowest BCUT2D eigenvalue weighted by Gasteiger charge is -2.25. The molecule has 0 heterocycles. The Kier molecular flexibility index (Phi) is 6.30. The molecule has 0 rings (SSSR count). The molecule has 0 amide bonds. The zero-order valence-electron chi connectivity index (χ0n) is 10.7. The van der Waals surface area contributed by atoms with Gasteiger partial charge in [0.25, 0.3) is 0 Å². The summed E-state index contributed by atoms with van der Waals surface area (Å²) in [7, 11) is 0. The van der Waals surface area contributed by atoms with Crippen LogP contribution in [0.4, 0.5) is 0 Å². The van der Waals surface area contributed by atoms with Crippen LogP contribution in [0.2, 0.25) is 0 Å². The molecule has 0 aliphatic rings. The Balaban J connectivity index is 4.34. The summed E-state index contributed by atoms with van der Waals surface area (Å²) in [6.45, 7) is 11.0. The topological polar surface area (TPSA) is 26.3 Å². The molecular weight excluding hydrogens is 188 g/mol. The van der Waals surface area contributed by atoms with Gasteiger partial charge < -0.3 is 4.74 Å². The van der Waals surface area contributed by atoms with Crippen molar-refractivity contribution in [3.63, 3.8) is 0 Å². The van der Waals surface area contributed by atoms with E-state index >= 15 is 0 Å². The third-order valence-electron chi connectivity index (χ3n) is 2.73. The molecule has 0 aromatic carbocycles. The van der Waals surface area contributed by atoms with Gasteiger partial charge in [0.05, 0.1) is 6.61 Å². The van der Waals surface area contributed by atoms with Crippen molar-refractivity contribution < 1.29 is 9.53 Å². The van der Waals surface area contributed by atoms with Gasteiger partial charge in [-0.3, -0.25) is 0 Å². The van der Waals surface area contributed by atoms with Crippen LogP contribution in [0, 0.1) is 5.41 Å². The second kappa shape index (κ2) is 6.65. The van der Waals surface area contributed by atoms with Gasteiger partial charge in [0, 0.05) is 6.08 Å². The van der Waals surface area contributed by atoms with Crippen molar-refractivity contribution in [2.24, 2.45) is 5.41 Å². The smallest absolute Gasteiger partial charge is 0.330 e. The molecule has 0 spiro atoms. The van der Waals surface area contributed by atoms with Crippen molar-refractivity contribution in [2.75, 3.05) is 6.61 Å². The van der Waals surface area contributed by atoms with E-state index in [0.717, 1.165) is 24.8 Å². The monoisotopic (exact) mass is 212 g/mol. The number of ether oxygens (including phenoxy) is 1. The lowest BCUT2D eigenvalue weighted by Crippen LogP contribution is -2.14. The molecule has 0 saturated carbocycles. The average Bonchev–Trinajstić information content (AvgIpc) is 2.14.